The average Bonchev–Trinajstić information content (AvgIpc) is 2.05. The van der Waals surface area contributed by atoms with Gasteiger partial charge >= 0.3 is 0 Å². The highest BCUT2D eigenvalue weighted by Gasteiger charge is 2.23. The third-order valence-corrected chi connectivity index (χ3v) is 2.28. The number of carbonyl (C=O) groups is 1. The molecule has 0 aromatic rings. The van der Waals surface area contributed by atoms with E-state index in [4.69, 9.17) is 11.6 Å². The first-order valence-electron chi connectivity index (χ1n) is 4.00. The Morgan fingerprint density at radius 3 is 2.27 bits per heavy atom. The normalized spacial score (nSPS) is 31.5. The van der Waals surface area contributed by atoms with Gasteiger partial charge in [-0.1, -0.05) is 0 Å². The van der Waals surface area contributed by atoms with Crippen LogP contribution in [0.15, 0.2) is 0 Å². The first-order chi connectivity index (χ1) is 5.24. The van der Waals surface area contributed by atoms with Crippen molar-refractivity contribution in [3.05, 3.63) is 0 Å². The maximum absolute atomic E-state index is 11.0. The number of hydrazine groups is 1. The lowest BCUT2D eigenvalue weighted by Crippen LogP contribution is -2.39. The molecule has 11 heavy (non-hydrogen) atoms. The van der Waals surface area contributed by atoms with Gasteiger partial charge in [-0.3, -0.25) is 10.2 Å². The predicted molar refractivity (Wildman–Crippen MR) is 42.3 cm³/mol. The van der Waals surface area contributed by atoms with E-state index in [0.29, 0.717) is 0 Å². The lowest BCUT2D eigenvalue weighted by atomic mass is 9.86. The summed E-state index contributed by atoms with van der Waals surface area (Å²) in [4.78, 5) is 11.0. The Labute approximate surface area is 66.3 Å². The van der Waals surface area contributed by atoms with Crippen LogP contribution >= 0.6 is 0 Å². The second-order valence-electron chi connectivity index (χ2n) is 3.12. The first-order valence-corrected chi connectivity index (χ1v) is 4.00. The summed E-state index contributed by atoms with van der Waals surface area (Å²) in [5.41, 5.74) is 7.85. The molecule has 0 heterocycles. The highest BCUT2D eigenvalue weighted by molar-refractivity contribution is 5.77. The summed E-state index contributed by atoms with van der Waals surface area (Å²) in [7, 11) is 0. The van der Waals surface area contributed by atoms with Crippen molar-refractivity contribution < 1.29 is 4.79 Å². The molecule has 0 atom stereocenters. The van der Waals surface area contributed by atoms with Crippen molar-refractivity contribution >= 4 is 5.91 Å². The number of hydrogen-bond donors (Lipinski definition) is 3. The minimum absolute atomic E-state index is 0.0445. The van der Waals surface area contributed by atoms with Gasteiger partial charge in [0, 0.05) is 12.0 Å². The van der Waals surface area contributed by atoms with E-state index in [0.717, 1.165) is 25.7 Å². The molecule has 1 rings (SSSR count). The summed E-state index contributed by atoms with van der Waals surface area (Å²) >= 11 is 0. The number of hydrogen-bond acceptors (Lipinski definition) is 3. The molecule has 1 aliphatic rings. The zero-order valence-electron chi connectivity index (χ0n) is 6.55. The molecule has 4 heteroatoms. The maximum atomic E-state index is 11.0. The van der Waals surface area contributed by atoms with E-state index in [1.807, 2.05) is 0 Å². The molecule has 1 fully saturated rings. The predicted octanol–water partition coefficient (Wildman–Crippen LogP) is -0.506. The van der Waals surface area contributed by atoms with Crippen LogP contribution in [0.1, 0.15) is 25.7 Å². The van der Waals surface area contributed by atoms with Crippen LogP contribution in [0, 0.1) is 5.92 Å². The molecule has 0 bridgehead atoms. The average molecular weight is 157 g/mol. The van der Waals surface area contributed by atoms with Gasteiger partial charge in [-0.15, -0.1) is 0 Å². The van der Waals surface area contributed by atoms with E-state index in [1.165, 1.54) is 0 Å². The fraction of sp³-hybridized carbons (Fsp3) is 0.857. The topological polar surface area (TPSA) is 81.1 Å². The van der Waals surface area contributed by atoms with Gasteiger partial charge in [-0.05, 0) is 25.7 Å². The van der Waals surface area contributed by atoms with E-state index in [-0.39, 0.29) is 17.9 Å². The molecule has 0 aromatic carbocycles. The number of rotatable bonds is 1. The van der Waals surface area contributed by atoms with Crippen LogP contribution in [0.5, 0.6) is 0 Å². The summed E-state index contributed by atoms with van der Waals surface area (Å²) in [6, 6.07) is 0.289. The monoisotopic (exact) mass is 157 g/mol. The molecular weight excluding hydrogens is 142 g/mol. The first kappa shape index (κ1) is 8.49. The molecule has 0 aromatic heterocycles. The smallest absolute Gasteiger partial charge is 0.236 e. The molecule has 0 unspecified atom stereocenters. The standard InChI is InChI=1S/C7H15N3O/c8-6-3-1-5(2-4-6)7(11)10-9/h5-6H,1-4,8-9H2,(H,10,11). The van der Waals surface area contributed by atoms with Gasteiger partial charge in [0.15, 0.2) is 0 Å². The molecule has 1 saturated carbocycles. The van der Waals surface area contributed by atoms with Crippen LogP contribution in [0.3, 0.4) is 0 Å². The van der Waals surface area contributed by atoms with Gasteiger partial charge < -0.3 is 5.73 Å². The van der Waals surface area contributed by atoms with Crippen LogP contribution in [0.4, 0.5) is 0 Å². The van der Waals surface area contributed by atoms with Gasteiger partial charge in [0.1, 0.15) is 0 Å². The summed E-state index contributed by atoms with van der Waals surface area (Å²) in [6.45, 7) is 0. The third-order valence-electron chi connectivity index (χ3n) is 2.28. The van der Waals surface area contributed by atoms with E-state index in [2.05, 4.69) is 5.43 Å². The number of carbonyl (C=O) groups excluding carboxylic acids is 1. The van der Waals surface area contributed by atoms with E-state index in [1.54, 1.807) is 0 Å². The van der Waals surface area contributed by atoms with Crippen molar-refractivity contribution in [3.8, 4) is 0 Å². The minimum atomic E-state index is -0.0445. The van der Waals surface area contributed by atoms with Gasteiger partial charge in [0.2, 0.25) is 5.91 Å². The molecule has 64 valence electrons. The zero-order valence-corrected chi connectivity index (χ0v) is 6.55. The van der Waals surface area contributed by atoms with Crippen molar-refractivity contribution in [1.82, 2.24) is 5.43 Å². The number of amides is 1. The highest BCUT2D eigenvalue weighted by Crippen LogP contribution is 2.22. The van der Waals surface area contributed by atoms with E-state index >= 15 is 0 Å². The molecule has 4 nitrogen and oxygen atoms in total. The van der Waals surface area contributed by atoms with Gasteiger partial charge in [-0.25, -0.2) is 5.84 Å². The molecule has 0 aliphatic heterocycles. The number of nitrogens with one attached hydrogen (secondary N) is 1. The van der Waals surface area contributed by atoms with Crippen LogP contribution in [0.25, 0.3) is 0 Å². The Balaban J connectivity index is 2.33. The van der Waals surface area contributed by atoms with Crippen molar-refractivity contribution in [2.24, 2.45) is 17.5 Å². The molecular formula is C7H15N3O. The molecule has 1 amide bonds. The fourth-order valence-electron chi connectivity index (χ4n) is 1.50. The maximum Gasteiger partial charge on any atom is 0.236 e. The number of nitrogens with two attached hydrogens (primary N) is 2. The van der Waals surface area contributed by atoms with Gasteiger partial charge in [-0.2, -0.15) is 0 Å². The van der Waals surface area contributed by atoms with Crippen molar-refractivity contribution in [2.75, 3.05) is 0 Å². The summed E-state index contributed by atoms with van der Waals surface area (Å²) < 4.78 is 0. The highest BCUT2D eigenvalue weighted by atomic mass is 16.2. The fourth-order valence-corrected chi connectivity index (χ4v) is 1.50. The summed E-state index contributed by atoms with van der Waals surface area (Å²) in [5.74, 6) is 5.06. The second kappa shape index (κ2) is 3.69. The Bertz CT molecular complexity index is 141. The SMILES string of the molecule is NNC(=O)C1CCC(N)CC1. The van der Waals surface area contributed by atoms with Crippen molar-refractivity contribution in [3.63, 3.8) is 0 Å². The van der Waals surface area contributed by atoms with E-state index < -0.39 is 0 Å². The van der Waals surface area contributed by atoms with Crippen LogP contribution in [0.2, 0.25) is 0 Å². The lowest BCUT2D eigenvalue weighted by molar-refractivity contribution is -0.126. The molecule has 5 N–H and O–H groups in total. The second-order valence-corrected chi connectivity index (χ2v) is 3.12. The van der Waals surface area contributed by atoms with Crippen LogP contribution in [-0.2, 0) is 4.79 Å². The Kier molecular flexibility index (Phi) is 2.84. The minimum Gasteiger partial charge on any atom is -0.328 e. The Hall–Kier alpha value is -0.610. The lowest BCUT2D eigenvalue weighted by Gasteiger charge is -2.24. The Morgan fingerprint density at radius 1 is 1.27 bits per heavy atom. The molecule has 0 radical (unpaired) electrons. The Morgan fingerprint density at radius 2 is 1.82 bits per heavy atom. The van der Waals surface area contributed by atoms with E-state index in [9.17, 15) is 4.79 Å². The van der Waals surface area contributed by atoms with Gasteiger partial charge in [0.25, 0.3) is 0 Å². The molecule has 1 aliphatic carbocycles. The summed E-state index contributed by atoms with van der Waals surface area (Å²) in [5, 5.41) is 0. The summed E-state index contributed by atoms with van der Waals surface area (Å²) in [6.07, 6.45) is 3.64. The van der Waals surface area contributed by atoms with Crippen LogP contribution in [-0.4, -0.2) is 11.9 Å². The zero-order chi connectivity index (χ0) is 8.27. The van der Waals surface area contributed by atoms with Crippen molar-refractivity contribution in [1.29, 1.82) is 0 Å². The van der Waals surface area contributed by atoms with Crippen LogP contribution < -0.4 is 17.0 Å². The third kappa shape index (κ3) is 2.17. The largest absolute Gasteiger partial charge is 0.328 e. The molecule has 0 spiro atoms. The molecule has 0 saturated heterocycles. The van der Waals surface area contributed by atoms with Gasteiger partial charge in [0.05, 0.1) is 0 Å². The quantitative estimate of drug-likeness (QED) is 0.272. The van der Waals surface area contributed by atoms with Crippen molar-refractivity contribution in [2.45, 2.75) is 31.7 Å².